The predicted octanol–water partition coefficient (Wildman–Crippen LogP) is 4.31. The van der Waals surface area contributed by atoms with Crippen molar-refractivity contribution in [2.45, 2.75) is 13.8 Å². The lowest BCUT2D eigenvalue weighted by molar-refractivity contribution is 0.0699. The van der Waals surface area contributed by atoms with Crippen LogP contribution in [0.2, 0.25) is 0 Å². The molecule has 0 amide bonds. The molecule has 23 heavy (non-hydrogen) atoms. The van der Waals surface area contributed by atoms with Crippen LogP contribution in [0.15, 0.2) is 48.5 Å². The molecule has 0 aliphatic carbocycles. The molecule has 0 spiro atoms. The predicted molar refractivity (Wildman–Crippen MR) is 90.0 cm³/mol. The first-order valence-electron chi connectivity index (χ1n) is 7.46. The quantitative estimate of drug-likeness (QED) is 0.780. The first-order valence-corrected chi connectivity index (χ1v) is 7.46. The molecule has 0 atom stereocenters. The number of nitrogens with zero attached hydrogens (tertiary/aromatic N) is 1. The van der Waals surface area contributed by atoms with Crippen molar-refractivity contribution in [1.82, 2.24) is 4.98 Å². The Morgan fingerprint density at radius 3 is 2.52 bits per heavy atom. The number of carbonyl (C=O) groups is 1. The minimum atomic E-state index is -0.949. The molecule has 0 radical (unpaired) electrons. The van der Waals surface area contributed by atoms with Gasteiger partial charge in [0.1, 0.15) is 5.75 Å². The van der Waals surface area contributed by atoms with E-state index in [4.69, 9.17) is 4.74 Å². The van der Waals surface area contributed by atoms with Gasteiger partial charge in [0.05, 0.1) is 23.4 Å². The number of fused-ring (bicyclic) bond motifs is 1. The van der Waals surface area contributed by atoms with Gasteiger partial charge in [-0.05, 0) is 56.3 Å². The number of carboxylic acid groups (broad SMARTS) is 1. The fourth-order valence-corrected chi connectivity index (χ4v) is 2.55. The molecule has 116 valence electrons. The molecule has 0 aliphatic heterocycles. The average molecular weight is 307 g/mol. The lowest BCUT2D eigenvalue weighted by Gasteiger charge is -2.09. The maximum Gasteiger partial charge on any atom is 0.336 e. The normalized spacial score (nSPS) is 10.7. The molecule has 1 aromatic heterocycles. The Kier molecular flexibility index (Phi) is 3.98. The summed E-state index contributed by atoms with van der Waals surface area (Å²) in [4.78, 5) is 16.2. The minimum Gasteiger partial charge on any atom is -0.494 e. The molecule has 0 fully saturated rings. The molecule has 4 nitrogen and oxygen atoms in total. The number of hydrogen-bond acceptors (Lipinski definition) is 3. The van der Waals surface area contributed by atoms with Gasteiger partial charge in [0.15, 0.2) is 0 Å². The monoisotopic (exact) mass is 307 g/mol. The number of benzene rings is 2. The zero-order valence-corrected chi connectivity index (χ0v) is 13.0. The number of aromatic nitrogens is 1. The Labute approximate surface area is 134 Å². The zero-order chi connectivity index (χ0) is 16.4. The number of aromatic carboxylic acids is 1. The van der Waals surface area contributed by atoms with Crippen molar-refractivity contribution in [3.63, 3.8) is 0 Å². The van der Waals surface area contributed by atoms with E-state index < -0.39 is 5.97 Å². The maximum absolute atomic E-state index is 11.6. The van der Waals surface area contributed by atoms with Gasteiger partial charge in [-0.15, -0.1) is 0 Å². The fraction of sp³-hybridized carbons (Fsp3) is 0.158. The van der Waals surface area contributed by atoms with Crippen LogP contribution in [0.4, 0.5) is 0 Å². The molecule has 0 saturated heterocycles. The van der Waals surface area contributed by atoms with Gasteiger partial charge in [0.2, 0.25) is 0 Å². The third kappa shape index (κ3) is 3.01. The molecule has 0 aliphatic rings. The number of rotatable bonds is 4. The Bertz CT molecular complexity index is 870. The highest BCUT2D eigenvalue weighted by molar-refractivity contribution is 6.03. The van der Waals surface area contributed by atoms with E-state index in [0.717, 1.165) is 16.9 Å². The van der Waals surface area contributed by atoms with Crippen LogP contribution in [0.5, 0.6) is 5.75 Å². The molecule has 0 saturated carbocycles. The molecule has 2 aromatic carbocycles. The summed E-state index contributed by atoms with van der Waals surface area (Å²) in [5.41, 5.74) is 3.46. The summed E-state index contributed by atoms with van der Waals surface area (Å²) >= 11 is 0. The lowest BCUT2D eigenvalue weighted by Crippen LogP contribution is -2.00. The number of aryl methyl sites for hydroxylation is 1. The van der Waals surface area contributed by atoms with Crippen LogP contribution in [0.25, 0.3) is 22.2 Å². The summed E-state index contributed by atoms with van der Waals surface area (Å²) in [6, 6.07) is 14.8. The molecular formula is C19H17NO3. The van der Waals surface area contributed by atoms with Gasteiger partial charge in [-0.2, -0.15) is 0 Å². The van der Waals surface area contributed by atoms with E-state index in [0.29, 0.717) is 23.2 Å². The summed E-state index contributed by atoms with van der Waals surface area (Å²) in [5, 5.41) is 10.2. The Morgan fingerprint density at radius 2 is 1.87 bits per heavy atom. The zero-order valence-electron chi connectivity index (χ0n) is 13.0. The summed E-state index contributed by atoms with van der Waals surface area (Å²) < 4.78 is 5.43. The van der Waals surface area contributed by atoms with E-state index >= 15 is 0 Å². The molecule has 0 bridgehead atoms. The minimum absolute atomic E-state index is 0.266. The third-order valence-corrected chi connectivity index (χ3v) is 3.66. The van der Waals surface area contributed by atoms with E-state index in [2.05, 4.69) is 4.98 Å². The van der Waals surface area contributed by atoms with E-state index in [1.54, 1.807) is 6.07 Å². The molecule has 4 heteroatoms. The Balaban J connectivity index is 2.14. The van der Waals surface area contributed by atoms with Crippen molar-refractivity contribution in [2.75, 3.05) is 6.61 Å². The molecular weight excluding hydrogens is 290 g/mol. The topological polar surface area (TPSA) is 59.4 Å². The average Bonchev–Trinajstić information content (AvgIpc) is 2.55. The molecule has 1 heterocycles. The standard InChI is InChI=1S/C19H17NO3/c1-3-23-14-7-5-13(6-8-14)18-11-16(19(21)22)15-10-12(2)4-9-17(15)20-18/h4-11H,3H2,1-2H3,(H,21,22). The van der Waals surface area contributed by atoms with Gasteiger partial charge in [0, 0.05) is 10.9 Å². The maximum atomic E-state index is 11.6. The number of pyridine rings is 1. The van der Waals surface area contributed by atoms with Crippen LogP contribution in [0.1, 0.15) is 22.8 Å². The molecule has 3 rings (SSSR count). The smallest absolute Gasteiger partial charge is 0.336 e. The summed E-state index contributed by atoms with van der Waals surface area (Å²) in [5.74, 6) is -0.165. The summed E-state index contributed by atoms with van der Waals surface area (Å²) in [7, 11) is 0. The number of ether oxygens (including phenoxy) is 1. The van der Waals surface area contributed by atoms with Crippen molar-refractivity contribution in [3.8, 4) is 17.0 Å². The van der Waals surface area contributed by atoms with Crippen LogP contribution in [0.3, 0.4) is 0 Å². The van der Waals surface area contributed by atoms with E-state index in [1.807, 2.05) is 56.3 Å². The van der Waals surface area contributed by atoms with Crippen LogP contribution in [0, 0.1) is 6.92 Å². The molecule has 0 unspecified atom stereocenters. The van der Waals surface area contributed by atoms with E-state index in [-0.39, 0.29) is 5.56 Å². The van der Waals surface area contributed by atoms with Gasteiger partial charge < -0.3 is 9.84 Å². The second-order valence-corrected chi connectivity index (χ2v) is 5.34. The van der Waals surface area contributed by atoms with Crippen molar-refractivity contribution in [2.24, 2.45) is 0 Å². The Hall–Kier alpha value is -2.88. The number of carboxylic acids is 1. The largest absolute Gasteiger partial charge is 0.494 e. The van der Waals surface area contributed by atoms with E-state index in [1.165, 1.54) is 0 Å². The van der Waals surface area contributed by atoms with Crippen molar-refractivity contribution < 1.29 is 14.6 Å². The van der Waals surface area contributed by atoms with Gasteiger partial charge >= 0.3 is 5.97 Å². The van der Waals surface area contributed by atoms with Crippen molar-refractivity contribution in [3.05, 3.63) is 59.7 Å². The van der Waals surface area contributed by atoms with Gasteiger partial charge in [-0.25, -0.2) is 9.78 Å². The lowest BCUT2D eigenvalue weighted by atomic mass is 10.0. The van der Waals surface area contributed by atoms with Crippen LogP contribution >= 0.6 is 0 Å². The molecule has 1 N–H and O–H groups in total. The fourth-order valence-electron chi connectivity index (χ4n) is 2.55. The van der Waals surface area contributed by atoms with Crippen LogP contribution < -0.4 is 4.74 Å². The SMILES string of the molecule is CCOc1ccc(-c2cc(C(=O)O)c3cc(C)ccc3n2)cc1. The number of hydrogen-bond donors (Lipinski definition) is 1. The van der Waals surface area contributed by atoms with Gasteiger partial charge in [-0.1, -0.05) is 11.6 Å². The summed E-state index contributed by atoms with van der Waals surface area (Å²) in [6.45, 7) is 4.47. The summed E-state index contributed by atoms with van der Waals surface area (Å²) in [6.07, 6.45) is 0. The highest BCUT2D eigenvalue weighted by Crippen LogP contribution is 2.27. The Morgan fingerprint density at radius 1 is 1.13 bits per heavy atom. The van der Waals surface area contributed by atoms with Crippen LogP contribution in [-0.4, -0.2) is 22.7 Å². The van der Waals surface area contributed by atoms with Gasteiger partial charge in [-0.3, -0.25) is 0 Å². The first-order chi connectivity index (χ1) is 11.1. The van der Waals surface area contributed by atoms with Crippen molar-refractivity contribution >= 4 is 16.9 Å². The van der Waals surface area contributed by atoms with Crippen molar-refractivity contribution in [1.29, 1.82) is 0 Å². The second-order valence-electron chi connectivity index (χ2n) is 5.34. The molecule has 3 aromatic rings. The van der Waals surface area contributed by atoms with Gasteiger partial charge in [0.25, 0.3) is 0 Å². The van der Waals surface area contributed by atoms with E-state index in [9.17, 15) is 9.90 Å². The first kappa shape index (κ1) is 15.0. The highest BCUT2D eigenvalue weighted by Gasteiger charge is 2.13. The second kappa shape index (κ2) is 6.08. The third-order valence-electron chi connectivity index (χ3n) is 3.66. The van der Waals surface area contributed by atoms with Crippen LogP contribution in [-0.2, 0) is 0 Å². The highest BCUT2D eigenvalue weighted by atomic mass is 16.5.